The van der Waals surface area contributed by atoms with E-state index in [1.54, 1.807) is 0 Å². The van der Waals surface area contributed by atoms with Gasteiger partial charge in [0.2, 0.25) is 0 Å². The first-order valence-corrected chi connectivity index (χ1v) is 7.85. The number of benzene rings is 1. The van der Waals surface area contributed by atoms with E-state index < -0.39 is 0 Å². The number of rotatable bonds is 5. The molecular formula is C15H23BrN2O. The van der Waals surface area contributed by atoms with Crippen LogP contribution in [0.2, 0.25) is 0 Å². The Balaban J connectivity index is 2.23. The lowest BCUT2D eigenvalue weighted by molar-refractivity contribution is 0.297. The van der Waals surface area contributed by atoms with Crippen LogP contribution in [-0.2, 0) is 0 Å². The Bertz CT molecular complexity index is 417. The Hall–Kier alpha value is -0.580. The molecular weight excluding hydrogens is 304 g/mol. The van der Waals surface area contributed by atoms with Crippen LogP contribution in [0.25, 0.3) is 0 Å². The van der Waals surface area contributed by atoms with Crippen LogP contribution in [0.4, 0.5) is 5.69 Å². The summed E-state index contributed by atoms with van der Waals surface area (Å²) in [5, 5.41) is 9.30. The van der Waals surface area contributed by atoms with Gasteiger partial charge in [0, 0.05) is 28.8 Å². The zero-order valence-corrected chi connectivity index (χ0v) is 13.1. The Morgan fingerprint density at radius 3 is 2.63 bits per heavy atom. The summed E-state index contributed by atoms with van der Waals surface area (Å²) >= 11 is 3.61. The molecule has 0 bridgehead atoms. The number of halogens is 1. The van der Waals surface area contributed by atoms with Gasteiger partial charge in [-0.25, -0.2) is 0 Å². The van der Waals surface area contributed by atoms with Crippen molar-refractivity contribution in [1.29, 1.82) is 0 Å². The van der Waals surface area contributed by atoms with Crippen molar-refractivity contribution in [3.63, 3.8) is 0 Å². The van der Waals surface area contributed by atoms with E-state index >= 15 is 0 Å². The first kappa shape index (κ1) is 14.8. The summed E-state index contributed by atoms with van der Waals surface area (Å²) < 4.78 is 1.06. The summed E-state index contributed by atoms with van der Waals surface area (Å²) in [7, 11) is 0. The van der Waals surface area contributed by atoms with Gasteiger partial charge in [-0.2, -0.15) is 0 Å². The van der Waals surface area contributed by atoms with Gasteiger partial charge < -0.3 is 15.7 Å². The molecule has 1 aromatic carbocycles. The summed E-state index contributed by atoms with van der Waals surface area (Å²) in [5.74, 6) is 0. The fourth-order valence-corrected chi connectivity index (χ4v) is 3.64. The van der Waals surface area contributed by atoms with Crippen molar-refractivity contribution < 1.29 is 5.11 Å². The molecule has 1 fully saturated rings. The van der Waals surface area contributed by atoms with Gasteiger partial charge in [-0.1, -0.05) is 34.8 Å². The highest BCUT2D eigenvalue weighted by Crippen LogP contribution is 2.32. The normalized spacial score (nSPS) is 17.7. The van der Waals surface area contributed by atoms with Crippen molar-refractivity contribution >= 4 is 21.6 Å². The molecule has 1 saturated carbocycles. The van der Waals surface area contributed by atoms with Gasteiger partial charge in [0.1, 0.15) is 0 Å². The lowest BCUT2D eigenvalue weighted by atomic mass is 10.1. The summed E-state index contributed by atoms with van der Waals surface area (Å²) in [6.07, 6.45) is 5.05. The van der Waals surface area contributed by atoms with Gasteiger partial charge in [-0.15, -0.1) is 0 Å². The second-order valence-electron chi connectivity index (χ2n) is 5.35. The topological polar surface area (TPSA) is 49.5 Å². The fraction of sp³-hybridized carbons (Fsp3) is 0.600. The molecule has 0 aromatic heterocycles. The lowest BCUT2D eigenvalue weighted by Gasteiger charge is -2.31. The van der Waals surface area contributed by atoms with E-state index in [1.807, 2.05) is 6.92 Å². The molecule has 4 heteroatoms. The number of nitrogens with two attached hydrogens (primary N) is 1. The Morgan fingerprint density at radius 1 is 1.42 bits per heavy atom. The predicted octanol–water partition coefficient (Wildman–Crippen LogP) is 3.21. The smallest absolute Gasteiger partial charge is 0.0606 e. The Labute approximate surface area is 123 Å². The largest absolute Gasteiger partial charge is 0.395 e. The molecule has 106 valence electrons. The Kier molecular flexibility index (Phi) is 5.25. The maximum Gasteiger partial charge on any atom is 0.0606 e. The van der Waals surface area contributed by atoms with Gasteiger partial charge in [0.25, 0.3) is 0 Å². The number of aliphatic hydroxyl groups excluding tert-OH is 1. The van der Waals surface area contributed by atoms with Crippen LogP contribution in [0, 0.1) is 0 Å². The van der Waals surface area contributed by atoms with E-state index in [-0.39, 0.29) is 12.6 Å². The molecule has 0 heterocycles. The summed E-state index contributed by atoms with van der Waals surface area (Å²) in [6, 6.07) is 6.94. The number of hydrogen-bond acceptors (Lipinski definition) is 3. The van der Waals surface area contributed by atoms with Crippen LogP contribution in [0.5, 0.6) is 0 Å². The molecule has 3 nitrogen and oxygen atoms in total. The molecule has 0 radical (unpaired) electrons. The first-order valence-electron chi connectivity index (χ1n) is 7.06. The molecule has 1 aromatic rings. The molecule has 0 spiro atoms. The molecule has 1 aliphatic carbocycles. The molecule has 3 N–H and O–H groups in total. The minimum absolute atomic E-state index is 0.0289. The van der Waals surface area contributed by atoms with Crippen LogP contribution in [0.1, 0.15) is 44.2 Å². The third-order valence-corrected chi connectivity index (χ3v) is 4.60. The van der Waals surface area contributed by atoms with Crippen LogP contribution in [0.15, 0.2) is 22.7 Å². The van der Waals surface area contributed by atoms with E-state index in [0.29, 0.717) is 12.6 Å². The van der Waals surface area contributed by atoms with Gasteiger partial charge in [0.15, 0.2) is 0 Å². The minimum atomic E-state index is 0.0289. The second kappa shape index (κ2) is 6.73. The average molecular weight is 327 g/mol. The molecule has 0 saturated heterocycles. The van der Waals surface area contributed by atoms with Gasteiger partial charge in [-0.3, -0.25) is 0 Å². The molecule has 1 atom stereocenters. The van der Waals surface area contributed by atoms with Gasteiger partial charge >= 0.3 is 0 Å². The van der Waals surface area contributed by atoms with Crippen LogP contribution < -0.4 is 10.6 Å². The van der Waals surface area contributed by atoms with E-state index in [0.717, 1.165) is 10.0 Å². The van der Waals surface area contributed by atoms with Gasteiger partial charge in [-0.05, 0) is 37.5 Å². The fourth-order valence-electron chi connectivity index (χ4n) is 2.91. The standard InChI is InChI=1S/C15H23BrN2O/c1-11(17)14-7-6-13(10-15(14)16)18(8-9-19)12-4-2-3-5-12/h6-7,10-12,19H,2-5,8-9,17H2,1H3/t11-/m0/s1. The zero-order chi connectivity index (χ0) is 13.8. The number of nitrogens with zero attached hydrogens (tertiary/aromatic N) is 1. The van der Waals surface area contributed by atoms with Crippen LogP contribution in [0.3, 0.4) is 0 Å². The maximum absolute atomic E-state index is 9.30. The van der Waals surface area contributed by atoms with E-state index in [2.05, 4.69) is 39.0 Å². The number of aliphatic hydroxyl groups is 1. The Morgan fingerprint density at radius 2 is 2.11 bits per heavy atom. The average Bonchev–Trinajstić information content (AvgIpc) is 2.89. The van der Waals surface area contributed by atoms with E-state index in [1.165, 1.54) is 31.4 Å². The third kappa shape index (κ3) is 3.50. The molecule has 0 aliphatic heterocycles. The molecule has 19 heavy (non-hydrogen) atoms. The quantitative estimate of drug-likeness (QED) is 0.873. The third-order valence-electron chi connectivity index (χ3n) is 3.91. The number of anilines is 1. The first-order chi connectivity index (χ1) is 9.13. The summed E-state index contributed by atoms with van der Waals surface area (Å²) in [6.45, 7) is 2.89. The van der Waals surface area contributed by atoms with Crippen molar-refractivity contribution in [2.45, 2.75) is 44.7 Å². The SMILES string of the molecule is C[C@H](N)c1ccc(N(CCO)C2CCCC2)cc1Br. The molecule has 0 unspecified atom stereocenters. The molecule has 2 rings (SSSR count). The van der Waals surface area contributed by atoms with Crippen LogP contribution >= 0.6 is 15.9 Å². The maximum atomic E-state index is 9.30. The minimum Gasteiger partial charge on any atom is -0.395 e. The highest BCUT2D eigenvalue weighted by Gasteiger charge is 2.23. The van der Waals surface area contributed by atoms with Crippen molar-refractivity contribution in [3.05, 3.63) is 28.2 Å². The van der Waals surface area contributed by atoms with Crippen molar-refractivity contribution in [3.8, 4) is 0 Å². The van der Waals surface area contributed by atoms with Crippen molar-refractivity contribution in [1.82, 2.24) is 0 Å². The van der Waals surface area contributed by atoms with E-state index in [9.17, 15) is 5.11 Å². The lowest BCUT2D eigenvalue weighted by Crippen LogP contribution is -2.35. The van der Waals surface area contributed by atoms with Crippen molar-refractivity contribution in [2.24, 2.45) is 5.73 Å². The molecule has 1 aliphatic rings. The molecule has 0 amide bonds. The summed E-state index contributed by atoms with van der Waals surface area (Å²) in [5.41, 5.74) is 8.24. The zero-order valence-electron chi connectivity index (χ0n) is 11.5. The van der Waals surface area contributed by atoms with Crippen molar-refractivity contribution in [2.75, 3.05) is 18.1 Å². The highest BCUT2D eigenvalue weighted by molar-refractivity contribution is 9.10. The second-order valence-corrected chi connectivity index (χ2v) is 6.20. The monoisotopic (exact) mass is 326 g/mol. The highest BCUT2D eigenvalue weighted by atomic mass is 79.9. The van der Waals surface area contributed by atoms with E-state index in [4.69, 9.17) is 5.73 Å². The predicted molar refractivity (Wildman–Crippen MR) is 83.4 cm³/mol. The summed E-state index contributed by atoms with van der Waals surface area (Å²) in [4.78, 5) is 2.34. The van der Waals surface area contributed by atoms with Gasteiger partial charge in [0.05, 0.1) is 6.61 Å². The number of hydrogen-bond donors (Lipinski definition) is 2. The van der Waals surface area contributed by atoms with Crippen LogP contribution in [-0.4, -0.2) is 24.3 Å².